The Balaban J connectivity index is 0.00000484. The smallest absolute Gasteiger partial charge is 0.203 e. The van der Waals surface area contributed by atoms with Crippen molar-refractivity contribution in [1.82, 2.24) is 10.6 Å². The second-order valence-electron chi connectivity index (χ2n) is 5.79. The summed E-state index contributed by atoms with van der Waals surface area (Å²) in [5, 5.41) is 6.58. The molecule has 0 spiro atoms. The Labute approximate surface area is 156 Å². The number of methoxy groups -OCH3 is 3. The van der Waals surface area contributed by atoms with E-state index in [1.807, 2.05) is 12.1 Å². The monoisotopic (exact) mass is 437 g/mol. The highest BCUT2D eigenvalue weighted by atomic mass is 127. The van der Waals surface area contributed by atoms with Crippen LogP contribution < -0.4 is 24.8 Å². The second-order valence-corrected chi connectivity index (χ2v) is 5.79. The van der Waals surface area contributed by atoms with Gasteiger partial charge in [-0.1, -0.05) is 0 Å². The lowest BCUT2D eigenvalue weighted by Gasteiger charge is -2.24. The molecule has 1 rings (SSSR count). The van der Waals surface area contributed by atoms with Crippen LogP contribution in [-0.2, 0) is 6.54 Å². The maximum absolute atomic E-state index is 5.47. The van der Waals surface area contributed by atoms with Crippen molar-refractivity contribution in [3.63, 3.8) is 0 Å². The molecule has 0 heterocycles. The minimum absolute atomic E-state index is 0. The molecule has 0 saturated carbocycles. The highest BCUT2D eigenvalue weighted by Crippen LogP contribution is 2.39. The summed E-state index contributed by atoms with van der Waals surface area (Å²) in [7, 11) is 6.55. The molecule has 0 aliphatic rings. The van der Waals surface area contributed by atoms with E-state index in [1.165, 1.54) is 0 Å². The number of benzene rings is 1. The van der Waals surface area contributed by atoms with Crippen LogP contribution in [0, 0.1) is 0 Å². The molecule has 0 saturated heterocycles. The maximum atomic E-state index is 5.47. The minimum Gasteiger partial charge on any atom is -0.493 e. The van der Waals surface area contributed by atoms with Gasteiger partial charge in [0.25, 0.3) is 0 Å². The van der Waals surface area contributed by atoms with E-state index < -0.39 is 0 Å². The number of halogens is 1. The Kier molecular flexibility index (Phi) is 9.11. The summed E-state index contributed by atoms with van der Waals surface area (Å²) in [6.07, 6.45) is 0. The molecule has 132 valence electrons. The van der Waals surface area contributed by atoms with Crippen molar-refractivity contribution >= 4 is 29.9 Å². The first-order chi connectivity index (χ1) is 10.4. The normalized spacial score (nSPS) is 11.3. The van der Waals surface area contributed by atoms with Crippen molar-refractivity contribution in [3.8, 4) is 17.2 Å². The number of nitrogens with one attached hydrogen (secondary N) is 2. The molecular weight excluding hydrogens is 409 g/mol. The Hall–Kier alpha value is -1.38. The van der Waals surface area contributed by atoms with E-state index in [1.54, 1.807) is 28.4 Å². The fourth-order valence-corrected chi connectivity index (χ4v) is 2.02. The fraction of sp³-hybridized carbons (Fsp3) is 0.562. The zero-order valence-corrected chi connectivity index (χ0v) is 17.3. The Morgan fingerprint density at radius 1 is 1.04 bits per heavy atom. The molecule has 1 aromatic carbocycles. The van der Waals surface area contributed by atoms with Crippen molar-refractivity contribution in [2.45, 2.75) is 32.9 Å². The van der Waals surface area contributed by atoms with Crippen LogP contribution in [0.2, 0.25) is 0 Å². The number of ether oxygens (including phenoxy) is 3. The number of nitrogens with zero attached hydrogens (tertiary/aromatic N) is 1. The molecule has 6 nitrogen and oxygen atoms in total. The van der Waals surface area contributed by atoms with E-state index in [0.29, 0.717) is 23.8 Å². The van der Waals surface area contributed by atoms with Crippen molar-refractivity contribution in [2.24, 2.45) is 4.99 Å². The largest absolute Gasteiger partial charge is 0.493 e. The van der Waals surface area contributed by atoms with E-state index in [9.17, 15) is 0 Å². The molecule has 0 aliphatic heterocycles. The predicted octanol–water partition coefficient (Wildman–Crippen LogP) is 2.79. The molecule has 0 unspecified atom stereocenters. The minimum atomic E-state index is -0.0659. The van der Waals surface area contributed by atoms with Gasteiger partial charge in [0.05, 0.1) is 21.3 Å². The standard InChI is InChI=1S/C16H27N3O3.HI/c1-16(2,3)19-15(17-4)18-10-11-8-9-12(20-5)14(22-7)13(11)21-6;/h8-9H,10H2,1-7H3,(H2,17,18,19);1H. The zero-order valence-electron chi connectivity index (χ0n) is 14.9. The fourth-order valence-electron chi connectivity index (χ4n) is 2.02. The van der Waals surface area contributed by atoms with Crippen LogP contribution in [0.25, 0.3) is 0 Å². The lowest BCUT2D eigenvalue weighted by molar-refractivity contribution is 0.322. The summed E-state index contributed by atoms with van der Waals surface area (Å²) in [6, 6.07) is 3.80. The van der Waals surface area contributed by atoms with Crippen LogP contribution in [0.5, 0.6) is 17.2 Å². The zero-order chi connectivity index (χ0) is 16.8. The number of hydrogen-bond donors (Lipinski definition) is 2. The summed E-state index contributed by atoms with van der Waals surface area (Å²) < 4.78 is 16.1. The third-order valence-corrected chi connectivity index (χ3v) is 2.95. The van der Waals surface area contributed by atoms with Crippen molar-refractivity contribution < 1.29 is 14.2 Å². The van der Waals surface area contributed by atoms with Crippen molar-refractivity contribution in [1.29, 1.82) is 0 Å². The van der Waals surface area contributed by atoms with E-state index in [-0.39, 0.29) is 29.5 Å². The molecule has 0 aliphatic carbocycles. The predicted molar refractivity (Wildman–Crippen MR) is 105 cm³/mol. The van der Waals surface area contributed by atoms with Gasteiger partial charge in [-0.2, -0.15) is 0 Å². The summed E-state index contributed by atoms with van der Waals surface area (Å²) in [4.78, 5) is 4.22. The lowest BCUT2D eigenvalue weighted by atomic mass is 10.1. The third-order valence-electron chi connectivity index (χ3n) is 2.95. The SMILES string of the molecule is CN=C(NCc1ccc(OC)c(OC)c1OC)NC(C)(C)C.I. The van der Waals surface area contributed by atoms with Crippen LogP contribution in [0.15, 0.2) is 17.1 Å². The molecule has 1 aromatic rings. The van der Waals surface area contributed by atoms with Crippen LogP contribution in [-0.4, -0.2) is 39.9 Å². The van der Waals surface area contributed by atoms with Gasteiger partial charge in [0.2, 0.25) is 5.75 Å². The van der Waals surface area contributed by atoms with Crippen LogP contribution in [0.4, 0.5) is 0 Å². The van der Waals surface area contributed by atoms with Crippen molar-refractivity contribution in [2.75, 3.05) is 28.4 Å². The van der Waals surface area contributed by atoms with Crippen LogP contribution >= 0.6 is 24.0 Å². The third kappa shape index (κ3) is 6.32. The van der Waals surface area contributed by atoms with Gasteiger partial charge in [-0.05, 0) is 32.9 Å². The van der Waals surface area contributed by atoms with E-state index >= 15 is 0 Å². The Morgan fingerprint density at radius 2 is 1.65 bits per heavy atom. The van der Waals surface area contributed by atoms with Crippen molar-refractivity contribution in [3.05, 3.63) is 17.7 Å². The first-order valence-electron chi connectivity index (χ1n) is 7.13. The molecule has 0 aromatic heterocycles. The average Bonchev–Trinajstić information content (AvgIpc) is 2.48. The average molecular weight is 437 g/mol. The van der Waals surface area contributed by atoms with Gasteiger partial charge in [-0.15, -0.1) is 24.0 Å². The van der Waals surface area contributed by atoms with Gasteiger partial charge in [-0.25, -0.2) is 0 Å². The number of guanidine groups is 1. The number of rotatable bonds is 5. The van der Waals surface area contributed by atoms with Crippen LogP contribution in [0.3, 0.4) is 0 Å². The van der Waals surface area contributed by atoms with Gasteiger partial charge in [0.1, 0.15) is 0 Å². The van der Waals surface area contributed by atoms with Gasteiger partial charge in [-0.3, -0.25) is 4.99 Å². The molecule has 23 heavy (non-hydrogen) atoms. The quantitative estimate of drug-likeness (QED) is 0.422. The first-order valence-corrected chi connectivity index (χ1v) is 7.13. The molecule has 0 fully saturated rings. The molecule has 2 N–H and O–H groups in total. The molecule has 0 bridgehead atoms. The summed E-state index contributed by atoms with van der Waals surface area (Å²) in [5.41, 5.74) is 0.890. The summed E-state index contributed by atoms with van der Waals surface area (Å²) in [5.74, 6) is 2.60. The molecule has 7 heteroatoms. The summed E-state index contributed by atoms with van der Waals surface area (Å²) in [6.45, 7) is 6.80. The highest BCUT2D eigenvalue weighted by Gasteiger charge is 2.17. The molecule has 0 amide bonds. The topological polar surface area (TPSA) is 64.1 Å². The Bertz CT molecular complexity index is 528. The molecular formula is C16H28IN3O3. The lowest BCUT2D eigenvalue weighted by Crippen LogP contribution is -2.47. The first kappa shape index (κ1) is 21.6. The molecule has 0 radical (unpaired) electrons. The van der Waals surface area contributed by atoms with Gasteiger partial charge in [0.15, 0.2) is 17.5 Å². The number of hydrogen-bond acceptors (Lipinski definition) is 4. The molecule has 0 atom stereocenters. The Morgan fingerprint density at radius 3 is 2.09 bits per heavy atom. The van der Waals surface area contributed by atoms with Crippen LogP contribution in [0.1, 0.15) is 26.3 Å². The van der Waals surface area contributed by atoms with E-state index in [4.69, 9.17) is 14.2 Å². The van der Waals surface area contributed by atoms with E-state index in [2.05, 4.69) is 36.4 Å². The maximum Gasteiger partial charge on any atom is 0.203 e. The second kappa shape index (κ2) is 9.69. The van der Waals surface area contributed by atoms with Gasteiger partial charge in [0, 0.05) is 24.7 Å². The highest BCUT2D eigenvalue weighted by molar-refractivity contribution is 14.0. The number of aliphatic imine (C=N–C) groups is 1. The van der Waals surface area contributed by atoms with Gasteiger partial charge < -0.3 is 24.8 Å². The van der Waals surface area contributed by atoms with E-state index in [0.717, 1.165) is 11.5 Å². The summed E-state index contributed by atoms with van der Waals surface area (Å²) >= 11 is 0. The van der Waals surface area contributed by atoms with Gasteiger partial charge >= 0.3 is 0 Å².